The van der Waals surface area contributed by atoms with Crippen LogP contribution in [0.15, 0.2) is 24.3 Å². The number of benzene rings is 1. The number of nitrogens with zero attached hydrogens (tertiary/aromatic N) is 1. The fraction of sp³-hybridized carbons (Fsp3) is 0.667. The zero-order valence-corrected chi connectivity index (χ0v) is 19.5. The molecule has 4 saturated carbocycles. The lowest BCUT2D eigenvalue weighted by molar-refractivity contribution is -0.145. The van der Waals surface area contributed by atoms with Crippen molar-refractivity contribution in [1.82, 2.24) is 10.2 Å². The topological polar surface area (TPSA) is 41.6 Å². The van der Waals surface area contributed by atoms with E-state index in [-0.39, 0.29) is 11.3 Å². The minimum absolute atomic E-state index is 0.0743. The summed E-state index contributed by atoms with van der Waals surface area (Å²) in [4.78, 5) is 15.4. The van der Waals surface area contributed by atoms with Gasteiger partial charge >= 0.3 is 0 Å². The third-order valence-electron chi connectivity index (χ3n) is 7.86. The maximum atomic E-state index is 13.0. The van der Waals surface area contributed by atoms with Crippen LogP contribution >= 0.6 is 0 Å². The quantitative estimate of drug-likeness (QED) is 0.636. The molecule has 1 amide bonds. The number of ether oxygens (including phenoxy) is 1. The predicted molar refractivity (Wildman–Crippen MR) is 125 cm³/mol. The second kappa shape index (κ2) is 9.65. The number of carbonyl (C=O) groups is 1. The number of hydrogen-bond donors (Lipinski definition) is 1. The van der Waals surface area contributed by atoms with E-state index in [1.807, 2.05) is 12.1 Å². The molecule has 168 valence electrons. The van der Waals surface area contributed by atoms with Gasteiger partial charge in [-0.1, -0.05) is 30.0 Å². The molecule has 1 aromatic rings. The van der Waals surface area contributed by atoms with Gasteiger partial charge in [0.1, 0.15) is 5.75 Å². The number of rotatable bonds is 8. The fourth-order valence-electron chi connectivity index (χ4n) is 6.61. The van der Waals surface area contributed by atoms with Crippen molar-refractivity contribution in [2.24, 2.45) is 23.2 Å². The molecule has 4 heteroatoms. The monoisotopic (exact) mass is 422 g/mol. The molecule has 0 aliphatic heterocycles. The molecule has 4 fully saturated rings. The molecule has 4 nitrogen and oxygen atoms in total. The van der Waals surface area contributed by atoms with Crippen molar-refractivity contribution < 1.29 is 9.53 Å². The third kappa shape index (κ3) is 5.09. The second-order valence-electron chi connectivity index (χ2n) is 10.4. The van der Waals surface area contributed by atoms with Crippen molar-refractivity contribution in [3.05, 3.63) is 29.8 Å². The number of carbonyl (C=O) groups excluding carboxylic acids is 1. The van der Waals surface area contributed by atoms with Crippen molar-refractivity contribution in [2.75, 3.05) is 26.7 Å². The van der Waals surface area contributed by atoms with Crippen LogP contribution in [0.4, 0.5) is 0 Å². The Labute approximate surface area is 188 Å². The number of para-hydroxylation sites is 1. The Morgan fingerprint density at radius 2 is 1.77 bits per heavy atom. The molecule has 0 heterocycles. The first kappa shape index (κ1) is 22.2. The van der Waals surface area contributed by atoms with Crippen molar-refractivity contribution in [3.63, 3.8) is 0 Å². The van der Waals surface area contributed by atoms with Crippen LogP contribution in [0, 0.1) is 35.0 Å². The normalized spacial score (nSPS) is 28.5. The average molecular weight is 423 g/mol. The summed E-state index contributed by atoms with van der Waals surface area (Å²) in [5, 5.41) is 3.17. The molecule has 4 aliphatic rings. The maximum Gasteiger partial charge on any atom is 0.226 e. The molecule has 0 radical (unpaired) electrons. The molecular weight excluding hydrogens is 384 g/mol. The Hall–Kier alpha value is -1.99. The molecule has 0 unspecified atom stereocenters. The zero-order valence-electron chi connectivity index (χ0n) is 19.5. The van der Waals surface area contributed by atoms with Gasteiger partial charge in [-0.2, -0.15) is 0 Å². The molecular formula is C27H38N2O2. The first-order valence-corrected chi connectivity index (χ1v) is 12.1. The standard InChI is InChI=1S/C27H38N2O2/c1-20(2)29(13-10-24-8-4-5-9-25(24)31-3)12-7-6-11-28-26(30)27-17-21-14-22(18-27)16-23(15-21)19-27/h4-5,8-9,20-23H,10-19H2,1-3H3,(H,28,30). The van der Waals surface area contributed by atoms with E-state index >= 15 is 0 Å². The highest BCUT2D eigenvalue weighted by Crippen LogP contribution is 2.60. The molecule has 0 aromatic heterocycles. The highest BCUT2D eigenvalue weighted by Gasteiger charge is 2.54. The Morgan fingerprint density at radius 3 is 2.39 bits per heavy atom. The molecule has 1 N–H and O–H groups in total. The van der Waals surface area contributed by atoms with E-state index in [9.17, 15) is 4.79 Å². The summed E-state index contributed by atoms with van der Waals surface area (Å²) >= 11 is 0. The lowest BCUT2D eigenvalue weighted by Gasteiger charge is -2.55. The van der Waals surface area contributed by atoms with Gasteiger partial charge in [0.15, 0.2) is 0 Å². The lowest BCUT2D eigenvalue weighted by atomic mass is 9.49. The van der Waals surface area contributed by atoms with Crippen LogP contribution in [0.1, 0.15) is 57.9 Å². The van der Waals surface area contributed by atoms with Crippen LogP contribution in [-0.4, -0.2) is 43.6 Å². The van der Waals surface area contributed by atoms with Crippen molar-refractivity contribution in [2.45, 2.75) is 64.8 Å². The van der Waals surface area contributed by atoms with E-state index in [0.29, 0.717) is 12.6 Å². The Balaban J connectivity index is 1.25. The SMILES string of the molecule is COc1ccccc1CCN(CC#CCNC(=O)C12CC3CC(CC(C3)C1)C2)C(C)C. The van der Waals surface area contributed by atoms with Gasteiger partial charge in [-0.05, 0) is 88.2 Å². The van der Waals surface area contributed by atoms with E-state index in [1.54, 1.807) is 7.11 Å². The molecule has 31 heavy (non-hydrogen) atoms. The highest BCUT2D eigenvalue weighted by molar-refractivity contribution is 5.83. The molecule has 0 atom stereocenters. The number of amides is 1. The molecule has 4 bridgehead atoms. The van der Waals surface area contributed by atoms with E-state index in [1.165, 1.54) is 24.8 Å². The summed E-state index contributed by atoms with van der Waals surface area (Å²) in [5.74, 6) is 10.1. The van der Waals surface area contributed by atoms with Gasteiger partial charge in [0, 0.05) is 18.0 Å². The number of methoxy groups -OCH3 is 1. The van der Waals surface area contributed by atoms with E-state index in [2.05, 4.69) is 48.0 Å². The van der Waals surface area contributed by atoms with Gasteiger partial charge in [0.25, 0.3) is 0 Å². The summed E-state index contributed by atoms with van der Waals surface area (Å²) in [6, 6.07) is 8.63. The van der Waals surface area contributed by atoms with Crippen LogP contribution in [0.2, 0.25) is 0 Å². The van der Waals surface area contributed by atoms with Gasteiger partial charge < -0.3 is 10.1 Å². The highest BCUT2D eigenvalue weighted by atomic mass is 16.5. The number of hydrogen-bond acceptors (Lipinski definition) is 3. The lowest BCUT2D eigenvalue weighted by Crippen LogP contribution is -2.53. The summed E-state index contributed by atoms with van der Waals surface area (Å²) in [7, 11) is 1.72. The van der Waals surface area contributed by atoms with Gasteiger partial charge in [-0.15, -0.1) is 0 Å². The summed E-state index contributed by atoms with van der Waals surface area (Å²) < 4.78 is 5.47. The van der Waals surface area contributed by atoms with Gasteiger partial charge in [0.05, 0.1) is 20.2 Å². The van der Waals surface area contributed by atoms with Crippen molar-refractivity contribution >= 4 is 5.91 Å². The van der Waals surface area contributed by atoms with Gasteiger partial charge in [-0.3, -0.25) is 9.69 Å². The van der Waals surface area contributed by atoms with Crippen LogP contribution < -0.4 is 10.1 Å². The van der Waals surface area contributed by atoms with Crippen LogP contribution in [0.3, 0.4) is 0 Å². The summed E-state index contributed by atoms with van der Waals surface area (Å²) in [6.07, 6.45) is 8.38. The molecule has 1 aromatic carbocycles. The van der Waals surface area contributed by atoms with Gasteiger partial charge in [0.2, 0.25) is 5.91 Å². The average Bonchev–Trinajstić information content (AvgIpc) is 2.74. The van der Waals surface area contributed by atoms with Crippen LogP contribution in [0.25, 0.3) is 0 Å². The Morgan fingerprint density at radius 1 is 1.13 bits per heavy atom. The zero-order chi connectivity index (χ0) is 21.8. The third-order valence-corrected chi connectivity index (χ3v) is 7.86. The first-order valence-electron chi connectivity index (χ1n) is 12.1. The van der Waals surface area contributed by atoms with Crippen molar-refractivity contribution in [1.29, 1.82) is 0 Å². The largest absolute Gasteiger partial charge is 0.496 e. The van der Waals surface area contributed by atoms with Crippen molar-refractivity contribution in [3.8, 4) is 17.6 Å². The molecule has 4 aliphatic carbocycles. The van der Waals surface area contributed by atoms with E-state index in [0.717, 1.165) is 62.3 Å². The molecule has 5 rings (SSSR count). The number of nitrogens with one attached hydrogen (secondary N) is 1. The predicted octanol–water partition coefficient (Wildman–Crippen LogP) is 4.28. The van der Waals surface area contributed by atoms with E-state index < -0.39 is 0 Å². The molecule has 0 spiro atoms. The second-order valence-corrected chi connectivity index (χ2v) is 10.4. The Bertz CT molecular complexity index is 800. The first-order chi connectivity index (χ1) is 15.0. The smallest absolute Gasteiger partial charge is 0.226 e. The van der Waals surface area contributed by atoms with Crippen LogP contribution in [0.5, 0.6) is 5.75 Å². The minimum atomic E-state index is -0.0743. The van der Waals surface area contributed by atoms with Gasteiger partial charge in [-0.25, -0.2) is 0 Å². The molecule has 0 saturated heterocycles. The fourth-order valence-corrected chi connectivity index (χ4v) is 6.61. The summed E-state index contributed by atoms with van der Waals surface area (Å²) in [5.41, 5.74) is 1.15. The maximum absolute atomic E-state index is 13.0. The van der Waals surface area contributed by atoms with E-state index in [4.69, 9.17) is 4.74 Å². The van der Waals surface area contributed by atoms with Crippen LogP contribution in [-0.2, 0) is 11.2 Å². The summed E-state index contributed by atoms with van der Waals surface area (Å²) in [6.45, 7) is 6.54. The Kier molecular flexibility index (Phi) is 6.92. The minimum Gasteiger partial charge on any atom is -0.496 e.